The molecule has 11 heteroatoms. The number of nitrogens with one attached hydrogen (secondary N) is 2. The molecular weight excluding hydrogens is 520 g/mol. The van der Waals surface area contributed by atoms with E-state index < -0.39 is 5.91 Å². The molecule has 2 aliphatic heterocycles. The van der Waals surface area contributed by atoms with Gasteiger partial charge in [0, 0.05) is 43.3 Å². The Morgan fingerprint density at radius 2 is 1.68 bits per heavy atom. The molecule has 6 rings (SSSR count). The summed E-state index contributed by atoms with van der Waals surface area (Å²) in [6, 6.07) is 7.86. The number of aromatic nitrogens is 4. The summed E-state index contributed by atoms with van der Waals surface area (Å²) in [6.45, 7) is 4.24. The van der Waals surface area contributed by atoms with E-state index in [0.717, 1.165) is 38.1 Å². The van der Waals surface area contributed by atoms with Crippen LogP contribution in [0.25, 0.3) is 0 Å². The predicted octanol–water partition coefficient (Wildman–Crippen LogP) is 3.67. The fraction of sp³-hybridized carbons (Fsp3) is 0.467. The van der Waals surface area contributed by atoms with E-state index in [2.05, 4.69) is 49.5 Å². The Balaban J connectivity index is 1.16. The summed E-state index contributed by atoms with van der Waals surface area (Å²) in [4.78, 5) is 45.5. The number of nitrogens with two attached hydrogens (primary N) is 1. The molecule has 2 saturated heterocycles. The first-order chi connectivity index (χ1) is 20.0. The molecule has 4 N–H and O–H groups in total. The Kier molecular flexibility index (Phi) is 7.78. The summed E-state index contributed by atoms with van der Waals surface area (Å²) in [7, 11) is 0. The average molecular weight is 557 g/mol. The molecule has 4 heterocycles. The van der Waals surface area contributed by atoms with E-state index in [9.17, 15) is 9.59 Å². The highest BCUT2D eigenvalue weighted by Gasteiger charge is 2.31. The van der Waals surface area contributed by atoms with Crippen LogP contribution in [0.3, 0.4) is 0 Å². The van der Waals surface area contributed by atoms with Crippen molar-refractivity contribution in [3.05, 3.63) is 65.5 Å². The van der Waals surface area contributed by atoms with Gasteiger partial charge in [-0.3, -0.25) is 9.59 Å². The number of carbonyl (C=O) groups excluding carboxylic acids is 2. The standard InChI is InChI=1S/C30H36N8O3/c1-18-24(36-30(40)22-8-6-20(7-9-22)19-4-5-19)3-2-12-38(18)25-17-32-26(27(31)39)29(37-25)35-23-15-33-28(34-16-23)21-10-13-41-14-11-21/h6-9,15-19,21,24H,2-5,10-14H2,1H3,(H2,31,39)(H,35,37)(H,36,40)/t18-,24-/m1/s1. The van der Waals surface area contributed by atoms with Crippen molar-refractivity contribution in [1.82, 2.24) is 25.3 Å². The van der Waals surface area contributed by atoms with Gasteiger partial charge >= 0.3 is 0 Å². The Bertz CT molecular complexity index is 1390. The number of amides is 2. The number of benzene rings is 1. The molecule has 3 aromatic rings. The lowest BCUT2D eigenvalue weighted by Crippen LogP contribution is -2.54. The highest BCUT2D eigenvalue weighted by atomic mass is 16.5. The van der Waals surface area contributed by atoms with Crippen molar-refractivity contribution in [2.45, 2.75) is 69.4 Å². The number of anilines is 3. The van der Waals surface area contributed by atoms with Gasteiger partial charge in [-0.1, -0.05) is 12.1 Å². The van der Waals surface area contributed by atoms with Crippen molar-refractivity contribution in [2.24, 2.45) is 5.73 Å². The molecule has 2 aromatic heterocycles. The Morgan fingerprint density at radius 3 is 2.37 bits per heavy atom. The normalized spacial score (nSPS) is 21.3. The maximum absolute atomic E-state index is 13.1. The van der Waals surface area contributed by atoms with Crippen LogP contribution in [0.1, 0.15) is 89.5 Å². The van der Waals surface area contributed by atoms with E-state index in [-0.39, 0.29) is 35.4 Å². The first-order valence-electron chi connectivity index (χ1n) is 14.5. The van der Waals surface area contributed by atoms with Crippen molar-refractivity contribution >= 4 is 29.1 Å². The molecule has 1 aromatic carbocycles. The number of nitrogens with zero attached hydrogens (tertiary/aromatic N) is 5. The van der Waals surface area contributed by atoms with Crippen LogP contribution in [0.4, 0.5) is 17.3 Å². The van der Waals surface area contributed by atoms with Crippen molar-refractivity contribution in [2.75, 3.05) is 30.0 Å². The van der Waals surface area contributed by atoms with Gasteiger partial charge in [0.1, 0.15) is 11.6 Å². The Labute approximate surface area is 239 Å². The fourth-order valence-corrected chi connectivity index (χ4v) is 5.73. The van der Waals surface area contributed by atoms with Gasteiger partial charge in [0.25, 0.3) is 11.8 Å². The minimum Gasteiger partial charge on any atom is -0.381 e. The van der Waals surface area contributed by atoms with Gasteiger partial charge in [-0.15, -0.1) is 0 Å². The highest BCUT2D eigenvalue weighted by molar-refractivity contribution is 5.96. The largest absolute Gasteiger partial charge is 0.381 e. The second-order valence-electron chi connectivity index (χ2n) is 11.2. The first kappa shape index (κ1) is 27.1. The molecule has 2 atom stereocenters. The third-order valence-electron chi connectivity index (χ3n) is 8.33. The van der Waals surface area contributed by atoms with Gasteiger partial charge in [-0.2, -0.15) is 0 Å². The van der Waals surface area contributed by atoms with Crippen molar-refractivity contribution in [1.29, 1.82) is 0 Å². The van der Waals surface area contributed by atoms with Gasteiger partial charge in [-0.05, 0) is 69.1 Å². The summed E-state index contributed by atoms with van der Waals surface area (Å²) in [5.41, 5.74) is 8.21. The zero-order valence-electron chi connectivity index (χ0n) is 23.3. The quantitative estimate of drug-likeness (QED) is 0.378. The van der Waals surface area contributed by atoms with Gasteiger partial charge in [0.2, 0.25) is 0 Å². The first-order valence-corrected chi connectivity index (χ1v) is 14.5. The summed E-state index contributed by atoms with van der Waals surface area (Å²) >= 11 is 0. The lowest BCUT2D eigenvalue weighted by Gasteiger charge is -2.40. The Morgan fingerprint density at radius 1 is 0.951 bits per heavy atom. The second kappa shape index (κ2) is 11.8. The zero-order valence-corrected chi connectivity index (χ0v) is 23.3. The number of piperidine rings is 1. The van der Waals surface area contributed by atoms with E-state index in [4.69, 9.17) is 15.5 Å². The number of ether oxygens (including phenoxy) is 1. The maximum atomic E-state index is 13.1. The van der Waals surface area contributed by atoms with Crippen LogP contribution < -0.4 is 21.3 Å². The average Bonchev–Trinajstić information content (AvgIpc) is 3.85. The number of carbonyl (C=O) groups is 2. The summed E-state index contributed by atoms with van der Waals surface area (Å²) in [5.74, 6) is 1.79. The molecule has 3 fully saturated rings. The number of hydrogen-bond donors (Lipinski definition) is 3. The Hall–Kier alpha value is -4.12. The van der Waals surface area contributed by atoms with E-state index in [0.29, 0.717) is 36.2 Å². The van der Waals surface area contributed by atoms with Crippen molar-refractivity contribution in [3.8, 4) is 0 Å². The molecule has 1 saturated carbocycles. The second-order valence-corrected chi connectivity index (χ2v) is 11.2. The lowest BCUT2D eigenvalue weighted by molar-refractivity contribution is 0.0836. The smallest absolute Gasteiger partial charge is 0.271 e. The monoisotopic (exact) mass is 556 g/mol. The van der Waals surface area contributed by atoms with Crippen molar-refractivity contribution < 1.29 is 14.3 Å². The molecule has 214 valence electrons. The number of rotatable bonds is 8. The van der Waals surface area contributed by atoms with E-state index >= 15 is 0 Å². The van der Waals surface area contributed by atoms with Crippen LogP contribution in [0.15, 0.2) is 42.9 Å². The van der Waals surface area contributed by atoms with Gasteiger partial charge in [-0.25, -0.2) is 19.9 Å². The SMILES string of the molecule is C[C@@H]1[C@H](NC(=O)c2ccc(C3CC3)cc2)CCCN1c1cnc(C(N)=O)c(Nc2cnc(C3CCOCC3)nc2)n1. The van der Waals surface area contributed by atoms with E-state index in [1.54, 1.807) is 18.6 Å². The van der Waals surface area contributed by atoms with Crippen molar-refractivity contribution in [3.63, 3.8) is 0 Å². The third-order valence-corrected chi connectivity index (χ3v) is 8.33. The summed E-state index contributed by atoms with van der Waals surface area (Å²) < 4.78 is 5.44. The van der Waals surface area contributed by atoms with Crippen LogP contribution >= 0.6 is 0 Å². The molecule has 41 heavy (non-hydrogen) atoms. The van der Waals surface area contributed by atoms with Crippen LogP contribution in [-0.4, -0.2) is 63.6 Å². The maximum Gasteiger partial charge on any atom is 0.271 e. The molecule has 11 nitrogen and oxygen atoms in total. The van der Waals surface area contributed by atoms with Crippen LogP contribution in [-0.2, 0) is 4.74 Å². The van der Waals surface area contributed by atoms with Gasteiger partial charge in [0.05, 0.1) is 24.3 Å². The predicted molar refractivity (Wildman–Crippen MR) is 154 cm³/mol. The molecule has 0 radical (unpaired) electrons. The fourth-order valence-electron chi connectivity index (χ4n) is 5.73. The molecule has 2 amide bonds. The highest BCUT2D eigenvalue weighted by Crippen LogP contribution is 2.40. The molecule has 0 bridgehead atoms. The van der Waals surface area contributed by atoms with Gasteiger partial charge in [0.15, 0.2) is 11.5 Å². The van der Waals surface area contributed by atoms with Crippen LogP contribution in [0, 0.1) is 0 Å². The van der Waals surface area contributed by atoms with E-state index in [1.807, 2.05) is 12.1 Å². The third kappa shape index (κ3) is 6.14. The lowest BCUT2D eigenvalue weighted by atomic mass is 9.97. The zero-order chi connectivity index (χ0) is 28.3. The molecule has 3 aliphatic rings. The minimum absolute atomic E-state index is 0.0337. The molecule has 1 aliphatic carbocycles. The topological polar surface area (TPSA) is 148 Å². The molecule has 0 unspecified atom stereocenters. The molecular formula is C30H36N8O3. The summed E-state index contributed by atoms with van der Waals surface area (Å²) in [6.07, 6.45) is 10.9. The number of hydrogen-bond acceptors (Lipinski definition) is 9. The number of primary amides is 1. The van der Waals surface area contributed by atoms with Crippen LogP contribution in [0.2, 0.25) is 0 Å². The van der Waals surface area contributed by atoms with Gasteiger partial charge < -0.3 is 26.0 Å². The summed E-state index contributed by atoms with van der Waals surface area (Å²) in [5, 5.41) is 6.36. The molecule has 0 spiro atoms. The van der Waals surface area contributed by atoms with Crippen LogP contribution in [0.5, 0.6) is 0 Å². The van der Waals surface area contributed by atoms with E-state index in [1.165, 1.54) is 18.4 Å². The minimum atomic E-state index is -0.684.